The highest BCUT2D eigenvalue weighted by Crippen LogP contribution is 2.22. The zero-order valence-electron chi connectivity index (χ0n) is 22.5. The Kier molecular flexibility index (Phi) is 11.5. The van der Waals surface area contributed by atoms with Crippen LogP contribution in [0.5, 0.6) is 5.75 Å². The predicted molar refractivity (Wildman–Crippen MR) is 143 cm³/mol. The number of anilines is 1. The third-order valence-electron chi connectivity index (χ3n) is 6.24. The molecule has 210 valence electrons. The Morgan fingerprint density at radius 1 is 1.03 bits per heavy atom. The van der Waals surface area contributed by atoms with E-state index in [1.807, 2.05) is 32.9 Å². The number of rotatable bonds is 14. The first kappa shape index (κ1) is 31.0. The summed E-state index contributed by atoms with van der Waals surface area (Å²) in [4.78, 5) is 28.0. The van der Waals surface area contributed by atoms with E-state index in [-0.39, 0.29) is 49.5 Å². The lowest BCUT2D eigenvalue weighted by Crippen LogP contribution is -2.50. The fraction of sp³-hybridized carbons (Fsp3) is 0.481. The molecule has 8 nitrogen and oxygen atoms in total. The summed E-state index contributed by atoms with van der Waals surface area (Å²) < 4.78 is 58.0. The Morgan fingerprint density at radius 3 is 2.21 bits per heavy atom. The molecular formula is C27H37F2N3O5S. The summed E-state index contributed by atoms with van der Waals surface area (Å²) in [6, 6.07) is 9.20. The first-order chi connectivity index (χ1) is 17.9. The molecular weight excluding hydrogens is 516 g/mol. The van der Waals surface area contributed by atoms with Crippen molar-refractivity contribution >= 4 is 27.5 Å². The number of amides is 2. The molecule has 0 bridgehead atoms. The summed E-state index contributed by atoms with van der Waals surface area (Å²) in [5.41, 5.74) is 0.766. The maximum atomic E-state index is 13.8. The number of carbonyl (C=O) groups excluding carboxylic acids is 2. The summed E-state index contributed by atoms with van der Waals surface area (Å²) in [6.07, 6.45) is 2.12. The van der Waals surface area contributed by atoms with Gasteiger partial charge >= 0.3 is 0 Å². The molecule has 0 saturated carbocycles. The van der Waals surface area contributed by atoms with Gasteiger partial charge in [-0.2, -0.15) is 0 Å². The molecule has 2 aromatic carbocycles. The molecule has 0 aliphatic heterocycles. The van der Waals surface area contributed by atoms with Gasteiger partial charge < -0.3 is 15.0 Å². The molecule has 38 heavy (non-hydrogen) atoms. The summed E-state index contributed by atoms with van der Waals surface area (Å²) in [5, 5.41) is 2.94. The molecule has 1 N–H and O–H groups in total. The average molecular weight is 554 g/mol. The van der Waals surface area contributed by atoms with Crippen LogP contribution in [-0.2, 0) is 26.2 Å². The first-order valence-electron chi connectivity index (χ1n) is 12.6. The highest BCUT2D eigenvalue weighted by molar-refractivity contribution is 7.92. The highest BCUT2D eigenvalue weighted by Gasteiger charge is 2.29. The molecule has 2 aromatic rings. The molecule has 0 aliphatic rings. The summed E-state index contributed by atoms with van der Waals surface area (Å²) in [6.45, 7) is 5.71. The topological polar surface area (TPSA) is 96.0 Å². The van der Waals surface area contributed by atoms with Gasteiger partial charge in [-0.05, 0) is 56.0 Å². The Labute approximate surface area is 224 Å². The van der Waals surface area contributed by atoms with Crippen molar-refractivity contribution in [3.63, 3.8) is 0 Å². The second kappa shape index (κ2) is 14.1. The lowest BCUT2D eigenvalue weighted by atomic mass is 10.1. The molecule has 0 aromatic heterocycles. The van der Waals surface area contributed by atoms with Gasteiger partial charge in [-0.15, -0.1) is 0 Å². The van der Waals surface area contributed by atoms with Crippen molar-refractivity contribution in [2.24, 2.45) is 0 Å². The molecule has 0 fully saturated rings. The summed E-state index contributed by atoms with van der Waals surface area (Å²) in [7, 11) is -2.28. The van der Waals surface area contributed by atoms with Gasteiger partial charge in [0.15, 0.2) is 11.6 Å². The van der Waals surface area contributed by atoms with Crippen LogP contribution >= 0.6 is 0 Å². The van der Waals surface area contributed by atoms with Crippen LogP contribution in [0.15, 0.2) is 42.5 Å². The number of methoxy groups -OCH3 is 1. The quantitative estimate of drug-likeness (QED) is 0.378. The van der Waals surface area contributed by atoms with E-state index in [0.29, 0.717) is 12.2 Å². The molecule has 2 atom stereocenters. The predicted octanol–water partition coefficient (Wildman–Crippen LogP) is 4.24. The molecule has 11 heteroatoms. The second-order valence-corrected chi connectivity index (χ2v) is 11.1. The van der Waals surface area contributed by atoms with Gasteiger partial charge in [0.25, 0.3) is 0 Å². The van der Waals surface area contributed by atoms with E-state index < -0.39 is 27.7 Å². The largest absolute Gasteiger partial charge is 0.497 e. The van der Waals surface area contributed by atoms with Crippen molar-refractivity contribution < 1.29 is 31.5 Å². The number of sulfonamides is 1. The van der Waals surface area contributed by atoms with E-state index in [2.05, 4.69) is 5.32 Å². The van der Waals surface area contributed by atoms with Crippen LogP contribution in [0.2, 0.25) is 0 Å². The van der Waals surface area contributed by atoms with Crippen LogP contribution in [0.4, 0.5) is 14.5 Å². The van der Waals surface area contributed by atoms with Gasteiger partial charge in [-0.3, -0.25) is 13.9 Å². The number of nitrogens with one attached hydrogen (secondary N) is 1. The third-order valence-corrected chi connectivity index (χ3v) is 7.44. The highest BCUT2D eigenvalue weighted by atomic mass is 32.2. The van der Waals surface area contributed by atoms with Gasteiger partial charge in [-0.25, -0.2) is 17.2 Å². The zero-order chi connectivity index (χ0) is 28.5. The Hall–Kier alpha value is -3.21. The fourth-order valence-corrected chi connectivity index (χ4v) is 4.89. The van der Waals surface area contributed by atoms with Crippen LogP contribution in [0.3, 0.4) is 0 Å². The van der Waals surface area contributed by atoms with E-state index in [9.17, 15) is 26.8 Å². The van der Waals surface area contributed by atoms with E-state index in [1.54, 1.807) is 19.2 Å². The van der Waals surface area contributed by atoms with Gasteiger partial charge in [0.2, 0.25) is 21.8 Å². The van der Waals surface area contributed by atoms with E-state index >= 15 is 0 Å². The summed E-state index contributed by atoms with van der Waals surface area (Å²) >= 11 is 0. The van der Waals surface area contributed by atoms with Crippen LogP contribution in [0.1, 0.15) is 52.0 Å². The second-order valence-electron chi connectivity index (χ2n) is 9.15. The van der Waals surface area contributed by atoms with Crippen LogP contribution in [0.25, 0.3) is 0 Å². The minimum absolute atomic E-state index is 0.0340. The van der Waals surface area contributed by atoms with E-state index in [4.69, 9.17) is 4.74 Å². The molecule has 2 rings (SSSR count). The molecule has 0 spiro atoms. The minimum atomic E-state index is -3.83. The first-order valence-corrected chi connectivity index (χ1v) is 14.4. The van der Waals surface area contributed by atoms with Crippen LogP contribution in [-0.4, -0.2) is 57.1 Å². The average Bonchev–Trinajstić information content (AvgIpc) is 2.87. The van der Waals surface area contributed by atoms with Crippen molar-refractivity contribution in [1.82, 2.24) is 10.2 Å². The Bertz CT molecular complexity index is 1190. The Morgan fingerprint density at radius 2 is 1.68 bits per heavy atom. The van der Waals surface area contributed by atoms with Crippen molar-refractivity contribution in [2.45, 2.75) is 65.1 Å². The smallest absolute Gasteiger partial charge is 0.243 e. The van der Waals surface area contributed by atoms with Gasteiger partial charge in [0, 0.05) is 31.6 Å². The van der Waals surface area contributed by atoms with Crippen LogP contribution < -0.4 is 14.4 Å². The fourth-order valence-electron chi connectivity index (χ4n) is 3.93. The van der Waals surface area contributed by atoms with E-state index in [0.717, 1.165) is 34.7 Å². The van der Waals surface area contributed by atoms with Crippen LogP contribution in [0, 0.1) is 11.6 Å². The third kappa shape index (κ3) is 8.68. The minimum Gasteiger partial charge on any atom is -0.497 e. The maximum Gasteiger partial charge on any atom is 0.243 e. The molecule has 0 heterocycles. The maximum absolute atomic E-state index is 13.8. The van der Waals surface area contributed by atoms with Gasteiger partial charge in [0.1, 0.15) is 11.8 Å². The SMILES string of the molecule is CC[C@H](C(=O)N[C@@H](C)CC)N(Cc1ccc(OC)cc1)C(=O)CCCN(c1ccc(F)c(F)c1)S(C)(=O)=O. The monoisotopic (exact) mass is 553 g/mol. The van der Waals surface area contributed by atoms with Crippen molar-refractivity contribution in [3.05, 3.63) is 59.7 Å². The number of hydrogen-bond donors (Lipinski definition) is 1. The molecule has 2 amide bonds. The normalized spacial score (nSPS) is 12.9. The van der Waals surface area contributed by atoms with Crippen molar-refractivity contribution in [2.75, 3.05) is 24.2 Å². The number of benzene rings is 2. The van der Waals surface area contributed by atoms with E-state index in [1.165, 1.54) is 11.0 Å². The number of halogens is 2. The summed E-state index contributed by atoms with van der Waals surface area (Å²) in [5.74, 6) is -2.19. The lowest BCUT2D eigenvalue weighted by Gasteiger charge is -2.32. The number of nitrogens with zero attached hydrogens (tertiary/aromatic N) is 2. The zero-order valence-corrected chi connectivity index (χ0v) is 23.4. The molecule has 0 radical (unpaired) electrons. The lowest BCUT2D eigenvalue weighted by molar-refractivity contribution is -0.141. The number of carbonyl (C=O) groups is 2. The Balaban J connectivity index is 2.24. The van der Waals surface area contributed by atoms with Gasteiger partial charge in [0.05, 0.1) is 19.1 Å². The molecule has 0 unspecified atom stereocenters. The van der Waals surface area contributed by atoms with Crippen molar-refractivity contribution in [1.29, 1.82) is 0 Å². The number of ether oxygens (including phenoxy) is 1. The van der Waals surface area contributed by atoms with Crippen molar-refractivity contribution in [3.8, 4) is 5.75 Å². The molecule has 0 aliphatic carbocycles. The van der Waals surface area contributed by atoms with Gasteiger partial charge in [-0.1, -0.05) is 26.0 Å². The number of hydrogen-bond acceptors (Lipinski definition) is 5. The standard InChI is InChI=1S/C27H37F2N3O5S/c1-6-19(3)30-27(34)25(7-2)31(18-20-10-13-22(37-4)14-11-20)26(33)9-8-16-32(38(5,35)36)21-12-15-23(28)24(29)17-21/h10-15,17,19,25H,6-9,16,18H2,1-5H3,(H,30,34)/t19-,25+/m0/s1. The molecule has 0 saturated heterocycles.